The number of rotatable bonds is 4. The molecule has 0 saturated heterocycles. The predicted octanol–water partition coefficient (Wildman–Crippen LogP) is 3.63. The fourth-order valence-corrected chi connectivity index (χ4v) is 1.49. The molecule has 7 heteroatoms. The third kappa shape index (κ3) is 3.29. The van der Waals surface area contributed by atoms with Gasteiger partial charge in [0.05, 0.1) is 11.2 Å². The molecule has 0 aliphatic heterocycles. The van der Waals surface area contributed by atoms with Crippen molar-refractivity contribution in [1.82, 2.24) is 9.97 Å². The fraction of sp³-hybridized carbons (Fsp3) is 0.167. The molecule has 2 rings (SSSR count). The van der Waals surface area contributed by atoms with Gasteiger partial charge < -0.3 is 10.1 Å². The molecule has 0 radical (unpaired) electrons. The van der Waals surface area contributed by atoms with Crippen molar-refractivity contribution in [3.63, 3.8) is 0 Å². The van der Waals surface area contributed by atoms with E-state index in [1.54, 1.807) is 0 Å². The zero-order valence-electron chi connectivity index (χ0n) is 9.95. The Morgan fingerprint density at radius 2 is 2.11 bits per heavy atom. The van der Waals surface area contributed by atoms with E-state index in [4.69, 9.17) is 16.3 Å². The number of anilines is 1. The minimum Gasteiger partial charge on any atom is -0.436 e. The summed E-state index contributed by atoms with van der Waals surface area (Å²) in [5.41, 5.74) is 0. The van der Waals surface area contributed by atoms with E-state index in [0.717, 1.165) is 12.3 Å². The first-order valence-electron chi connectivity index (χ1n) is 5.49. The van der Waals surface area contributed by atoms with E-state index in [0.29, 0.717) is 6.54 Å². The van der Waals surface area contributed by atoms with Gasteiger partial charge in [0.1, 0.15) is 11.6 Å². The summed E-state index contributed by atoms with van der Waals surface area (Å²) in [6.45, 7) is 2.44. The van der Waals surface area contributed by atoms with Crippen molar-refractivity contribution < 1.29 is 13.5 Å². The third-order valence-corrected chi connectivity index (χ3v) is 2.44. The predicted molar refractivity (Wildman–Crippen MR) is 67.6 cm³/mol. The Hall–Kier alpha value is -1.95. The van der Waals surface area contributed by atoms with Crippen LogP contribution in [0.1, 0.15) is 6.92 Å². The smallest absolute Gasteiger partial charge is 0.260 e. The van der Waals surface area contributed by atoms with Crippen molar-refractivity contribution in [2.24, 2.45) is 0 Å². The van der Waals surface area contributed by atoms with E-state index >= 15 is 0 Å². The molecule has 1 aromatic carbocycles. The molecule has 1 N–H and O–H groups in total. The Balaban J connectivity index is 2.26. The SMILES string of the molecule is CCNc1ncc(F)c(Oc2ccc(F)c(Cl)c2)n1. The fourth-order valence-electron chi connectivity index (χ4n) is 1.32. The van der Waals surface area contributed by atoms with Crippen molar-refractivity contribution in [2.45, 2.75) is 6.92 Å². The first-order chi connectivity index (χ1) is 9.10. The molecule has 0 amide bonds. The molecule has 0 aliphatic rings. The van der Waals surface area contributed by atoms with Crippen LogP contribution in [0, 0.1) is 11.6 Å². The number of hydrogen-bond acceptors (Lipinski definition) is 4. The molecule has 100 valence electrons. The van der Waals surface area contributed by atoms with E-state index < -0.39 is 11.6 Å². The van der Waals surface area contributed by atoms with Crippen LogP contribution >= 0.6 is 11.6 Å². The summed E-state index contributed by atoms with van der Waals surface area (Å²) in [5.74, 6) is -1.13. The molecular weight excluding hydrogens is 276 g/mol. The molecule has 0 unspecified atom stereocenters. The highest BCUT2D eigenvalue weighted by Gasteiger charge is 2.10. The zero-order chi connectivity index (χ0) is 13.8. The molecule has 0 spiro atoms. The van der Waals surface area contributed by atoms with Crippen LogP contribution in [0.25, 0.3) is 0 Å². The van der Waals surface area contributed by atoms with Crippen molar-refractivity contribution in [3.8, 4) is 11.6 Å². The monoisotopic (exact) mass is 285 g/mol. The molecule has 2 aromatic rings. The van der Waals surface area contributed by atoms with E-state index in [-0.39, 0.29) is 22.6 Å². The highest BCUT2D eigenvalue weighted by molar-refractivity contribution is 6.30. The lowest BCUT2D eigenvalue weighted by atomic mass is 10.3. The number of nitrogens with one attached hydrogen (secondary N) is 1. The molecular formula is C12H10ClF2N3O. The van der Waals surface area contributed by atoms with E-state index in [1.807, 2.05) is 6.92 Å². The zero-order valence-corrected chi connectivity index (χ0v) is 10.7. The van der Waals surface area contributed by atoms with Gasteiger partial charge in [0.15, 0.2) is 0 Å². The van der Waals surface area contributed by atoms with Crippen molar-refractivity contribution in [2.75, 3.05) is 11.9 Å². The van der Waals surface area contributed by atoms with Crippen molar-refractivity contribution in [3.05, 3.63) is 41.1 Å². The Labute approximate surface area is 113 Å². The largest absolute Gasteiger partial charge is 0.436 e. The molecule has 4 nitrogen and oxygen atoms in total. The summed E-state index contributed by atoms with van der Waals surface area (Å²) in [5, 5.41) is 2.71. The lowest BCUT2D eigenvalue weighted by Crippen LogP contribution is -2.04. The molecule has 0 saturated carbocycles. The van der Waals surface area contributed by atoms with Gasteiger partial charge >= 0.3 is 0 Å². The molecule has 0 aliphatic carbocycles. The summed E-state index contributed by atoms with van der Waals surface area (Å²) >= 11 is 5.61. The number of nitrogens with zero attached hydrogens (tertiary/aromatic N) is 2. The van der Waals surface area contributed by atoms with Crippen LogP contribution in [0.2, 0.25) is 5.02 Å². The van der Waals surface area contributed by atoms with Crippen LogP contribution in [0.4, 0.5) is 14.7 Å². The number of hydrogen-bond donors (Lipinski definition) is 1. The first-order valence-corrected chi connectivity index (χ1v) is 5.87. The average molecular weight is 286 g/mol. The number of ether oxygens (including phenoxy) is 1. The second kappa shape index (κ2) is 5.79. The summed E-state index contributed by atoms with van der Waals surface area (Å²) in [7, 11) is 0. The molecule has 0 atom stereocenters. The maximum absolute atomic E-state index is 13.5. The van der Waals surface area contributed by atoms with Gasteiger partial charge in [-0.15, -0.1) is 0 Å². The van der Waals surface area contributed by atoms with Crippen LogP contribution in [0.15, 0.2) is 24.4 Å². The maximum atomic E-state index is 13.5. The Morgan fingerprint density at radius 1 is 1.32 bits per heavy atom. The minimum absolute atomic E-state index is 0.112. The minimum atomic E-state index is -0.720. The van der Waals surface area contributed by atoms with E-state index in [2.05, 4.69) is 15.3 Å². The van der Waals surface area contributed by atoms with Gasteiger partial charge in [-0.1, -0.05) is 11.6 Å². The van der Waals surface area contributed by atoms with Crippen LogP contribution in [-0.2, 0) is 0 Å². The summed E-state index contributed by atoms with van der Waals surface area (Å²) < 4.78 is 31.7. The number of aromatic nitrogens is 2. The molecule has 0 bridgehead atoms. The highest BCUT2D eigenvalue weighted by atomic mass is 35.5. The van der Waals surface area contributed by atoms with Gasteiger partial charge in [0.25, 0.3) is 5.88 Å². The third-order valence-electron chi connectivity index (χ3n) is 2.15. The van der Waals surface area contributed by atoms with Crippen LogP contribution in [-0.4, -0.2) is 16.5 Å². The summed E-state index contributed by atoms with van der Waals surface area (Å²) in [4.78, 5) is 7.59. The highest BCUT2D eigenvalue weighted by Crippen LogP contribution is 2.26. The van der Waals surface area contributed by atoms with Gasteiger partial charge in [0.2, 0.25) is 11.8 Å². The Bertz CT molecular complexity index is 595. The van der Waals surface area contributed by atoms with Gasteiger partial charge in [-0.3, -0.25) is 0 Å². The first kappa shape index (κ1) is 13.5. The maximum Gasteiger partial charge on any atom is 0.260 e. The Morgan fingerprint density at radius 3 is 2.79 bits per heavy atom. The molecule has 1 aromatic heterocycles. The van der Waals surface area contributed by atoms with Gasteiger partial charge in [-0.05, 0) is 19.1 Å². The van der Waals surface area contributed by atoms with E-state index in [9.17, 15) is 8.78 Å². The molecule has 1 heterocycles. The van der Waals surface area contributed by atoms with Gasteiger partial charge in [-0.2, -0.15) is 9.37 Å². The normalized spacial score (nSPS) is 10.3. The summed E-state index contributed by atoms with van der Waals surface area (Å²) in [6.07, 6.45) is 0.992. The second-order valence-electron chi connectivity index (χ2n) is 3.56. The number of halogens is 3. The van der Waals surface area contributed by atoms with E-state index in [1.165, 1.54) is 12.1 Å². The van der Waals surface area contributed by atoms with Crippen molar-refractivity contribution >= 4 is 17.5 Å². The molecule has 0 fully saturated rings. The Kier molecular flexibility index (Phi) is 4.11. The summed E-state index contributed by atoms with van der Waals surface area (Å²) in [6, 6.07) is 3.70. The van der Waals surface area contributed by atoms with Gasteiger partial charge in [-0.25, -0.2) is 9.37 Å². The lowest BCUT2D eigenvalue weighted by molar-refractivity contribution is 0.420. The quantitative estimate of drug-likeness (QED) is 0.932. The topological polar surface area (TPSA) is 47.0 Å². The van der Waals surface area contributed by atoms with Crippen LogP contribution < -0.4 is 10.1 Å². The van der Waals surface area contributed by atoms with Crippen LogP contribution in [0.3, 0.4) is 0 Å². The number of benzene rings is 1. The van der Waals surface area contributed by atoms with Crippen LogP contribution in [0.5, 0.6) is 11.6 Å². The molecule has 19 heavy (non-hydrogen) atoms. The standard InChI is InChI=1S/C12H10ClF2N3O/c1-2-16-12-17-6-10(15)11(18-12)19-7-3-4-9(14)8(13)5-7/h3-6H,2H2,1H3,(H,16,17,18). The average Bonchev–Trinajstić information content (AvgIpc) is 2.38. The van der Waals surface area contributed by atoms with Gasteiger partial charge in [0, 0.05) is 12.6 Å². The second-order valence-corrected chi connectivity index (χ2v) is 3.96. The van der Waals surface area contributed by atoms with Crippen molar-refractivity contribution in [1.29, 1.82) is 0 Å². The lowest BCUT2D eigenvalue weighted by Gasteiger charge is -2.08.